The molecule has 0 aliphatic heterocycles. The number of nitrogens with one attached hydrogen (secondary N) is 1. The van der Waals surface area contributed by atoms with E-state index in [1.165, 1.54) is 0 Å². The van der Waals surface area contributed by atoms with E-state index in [1.54, 1.807) is 23.1 Å². The molecule has 144 valence electrons. The molecule has 0 saturated carbocycles. The van der Waals surface area contributed by atoms with Crippen LogP contribution in [0, 0.1) is 0 Å². The van der Waals surface area contributed by atoms with Gasteiger partial charge in [-0.3, -0.25) is 9.59 Å². The highest BCUT2D eigenvalue weighted by atomic mass is 35.5. The van der Waals surface area contributed by atoms with Crippen molar-refractivity contribution >= 4 is 35.0 Å². The Hall–Kier alpha value is -2.04. The molecule has 1 unspecified atom stereocenters. The summed E-state index contributed by atoms with van der Waals surface area (Å²) in [5.41, 5.74) is 1.66. The quantitative estimate of drug-likeness (QED) is 0.702. The van der Waals surface area contributed by atoms with E-state index in [9.17, 15) is 9.59 Å². The highest BCUT2D eigenvalue weighted by Gasteiger charge is 2.28. The summed E-state index contributed by atoms with van der Waals surface area (Å²) in [5, 5.41) is 4.02. The summed E-state index contributed by atoms with van der Waals surface area (Å²) >= 11 is 12.2. The third kappa shape index (κ3) is 5.98. The first-order valence-corrected chi connectivity index (χ1v) is 9.76. The van der Waals surface area contributed by atoms with Crippen LogP contribution >= 0.6 is 23.2 Å². The molecule has 0 aliphatic carbocycles. The Morgan fingerprint density at radius 3 is 2.30 bits per heavy atom. The standard InChI is InChI=1S/C21H24Cl2N2O2/c1-3-19(21(27)24-4-2)25(14-16-7-5-6-8-18(16)23)20(26)13-15-9-11-17(22)12-10-15/h5-12,19H,3-4,13-14H2,1-2H3,(H,24,27). The van der Waals surface area contributed by atoms with Gasteiger partial charge in [0.2, 0.25) is 11.8 Å². The van der Waals surface area contributed by atoms with Crippen LogP contribution in [0.4, 0.5) is 0 Å². The fraction of sp³-hybridized carbons (Fsp3) is 0.333. The minimum Gasteiger partial charge on any atom is -0.355 e. The van der Waals surface area contributed by atoms with Crippen molar-refractivity contribution in [1.29, 1.82) is 0 Å². The van der Waals surface area contributed by atoms with Crippen molar-refractivity contribution in [2.45, 2.75) is 39.3 Å². The van der Waals surface area contributed by atoms with Crippen molar-refractivity contribution in [3.63, 3.8) is 0 Å². The molecule has 2 aromatic rings. The first kappa shape index (κ1) is 21.3. The number of likely N-dealkylation sites (N-methyl/N-ethyl adjacent to an activating group) is 1. The number of hydrogen-bond donors (Lipinski definition) is 1. The molecule has 0 fully saturated rings. The van der Waals surface area contributed by atoms with E-state index in [1.807, 2.05) is 44.2 Å². The largest absolute Gasteiger partial charge is 0.355 e. The lowest BCUT2D eigenvalue weighted by Gasteiger charge is -2.31. The van der Waals surface area contributed by atoms with Gasteiger partial charge in [-0.15, -0.1) is 0 Å². The predicted molar refractivity (Wildman–Crippen MR) is 110 cm³/mol. The van der Waals surface area contributed by atoms with Crippen molar-refractivity contribution in [3.8, 4) is 0 Å². The van der Waals surface area contributed by atoms with Gasteiger partial charge in [-0.1, -0.05) is 60.5 Å². The molecule has 0 aromatic heterocycles. The Balaban J connectivity index is 2.29. The first-order chi connectivity index (χ1) is 13.0. The minimum absolute atomic E-state index is 0.129. The number of benzene rings is 2. The number of nitrogens with zero attached hydrogens (tertiary/aromatic N) is 1. The molecule has 0 radical (unpaired) electrons. The number of halogens is 2. The minimum atomic E-state index is -0.555. The Bertz CT molecular complexity index is 778. The molecule has 1 N–H and O–H groups in total. The van der Waals surface area contributed by atoms with Crippen molar-refractivity contribution < 1.29 is 9.59 Å². The molecule has 0 saturated heterocycles. The third-order valence-electron chi connectivity index (χ3n) is 4.30. The van der Waals surface area contributed by atoms with Crippen LogP contribution in [0.5, 0.6) is 0 Å². The number of rotatable bonds is 8. The molecular formula is C21H24Cl2N2O2. The van der Waals surface area contributed by atoms with E-state index in [0.29, 0.717) is 23.0 Å². The zero-order chi connectivity index (χ0) is 19.8. The van der Waals surface area contributed by atoms with Crippen LogP contribution in [0.15, 0.2) is 48.5 Å². The van der Waals surface area contributed by atoms with Crippen LogP contribution in [0.25, 0.3) is 0 Å². The second kappa shape index (κ2) is 10.3. The van der Waals surface area contributed by atoms with Gasteiger partial charge in [0.15, 0.2) is 0 Å². The van der Waals surface area contributed by atoms with E-state index in [4.69, 9.17) is 23.2 Å². The fourth-order valence-electron chi connectivity index (χ4n) is 2.90. The van der Waals surface area contributed by atoms with Gasteiger partial charge in [0, 0.05) is 23.1 Å². The summed E-state index contributed by atoms with van der Waals surface area (Å²) < 4.78 is 0. The van der Waals surface area contributed by atoms with E-state index in [2.05, 4.69) is 5.32 Å². The maximum absolute atomic E-state index is 13.1. The zero-order valence-electron chi connectivity index (χ0n) is 15.5. The van der Waals surface area contributed by atoms with Crippen LogP contribution in [-0.2, 0) is 22.6 Å². The predicted octanol–water partition coefficient (Wildman–Crippen LogP) is 4.48. The number of carbonyl (C=O) groups is 2. The van der Waals surface area contributed by atoms with Gasteiger partial charge in [0.05, 0.1) is 6.42 Å². The molecule has 1 atom stereocenters. The van der Waals surface area contributed by atoms with E-state index in [0.717, 1.165) is 11.1 Å². The molecule has 2 amide bonds. The smallest absolute Gasteiger partial charge is 0.242 e. The van der Waals surface area contributed by atoms with Crippen LogP contribution in [0.3, 0.4) is 0 Å². The van der Waals surface area contributed by atoms with Crippen LogP contribution < -0.4 is 5.32 Å². The van der Waals surface area contributed by atoms with Gasteiger partial charge in [0.25, 0.3) is 0 Å². The third-order valence-corrected chi connectivity index (χ3v) is 4.92. The lowest BCUT2D eigenvalue weighted by Crippen LogP contribution is -2.49. The molecule has 0 aliphatic rings. The first-order valence-electron chi connectivity index (χ1n) is 9.01. The second-order valence-electron chi connectivity index (χ2n) is 6.23. The second-order valence-corrected chi connectivity index (χ2v) is 7.08. The number of amides is 2. The zero-order valence-corrected chi connectivity index (χ0v) is 17.1. The summed E-state index contributed by atoms with van der Waals surface area (Å²) in [6, 6.07) is 14.0. The van der Waals surface area contributed by atoms with Crippen molar-refractivity contribution in [2.24, 2.45) is 0 Å². The number of hydrogen-bond acceptors (Lipinski definition) is 2. The molecule has 2 aromatic carbocycles. The normalized spacial score (nSPS) is 11.7. The lowest BCUT2D eigenvalue weighted by atomic mass is 10.1. The summed E-state index contributed by atoms with van der Waals surface area (Å²) in [6.07, 6.45) is 0.709. The highest BCUT2D eigenvalue weighted by Crippen LogP contribution is 2.21. The lowest BCUT2D eigenvalue weighted by molar-refractivity contribution is -0.140. The SMILES string of the molecule is CCNC(=O)C(CC)N(Cc1ccccc1Cl)C(=O)Cc1ccc(Cl)cc1. The Labute approximate surface area is 170 Å². The summed E-state index contributed by atoms with van der Waals surface area (Å²) in [6.45, 7) is 4.55. The molecule has 0 spiro atoms. The molecule has 4 nitrogen and oxygen atoms in total. The van der Waals surface area contributed by atoms with Gasteiger partial charge in [0.1, 0.15) is 6.04 Å². The van der Waals surface area contributed by atoms with Gasteiger partial charge in [-0.2, -0.15) is 0 Å². The van der Waals surface area contributed by atoms with Gasteiger partial charge >= 0.3 is 0 Å². The molecule has 2 rings (SSSR count). The summed E-state index contributed by atoms with van der Waals surface area (Å²) in [7, 11) is 0. The maximum atomic E-state index is 13.1. The van der Waals surface area contributed by atoms with Crippen LogP contribution in [0.2, 0.25) is 10.0 Å². The van der Waals surface area contributed by atoms with Crippen molar-refractivity contribution in [3.05, 3.63) is 69.7 Å². The van der Waals surface area contributed by atoms with Gasteiger partial charge in [-0.25, -0.2) is 0 Å². The molecule has 27 heavy (non-hydrogen) atoms. The summed E-state index contributed by atoms with van der Waals surface area (Å²) in [4.78, 5) is 27.2. The van der Waals surface area contributed by atoms with Crippen molar-refractivity contribution in [2.75, 3.05) is 6.54 Å². The van der Waals surface area contributed by atoms with E-state index in [-0.39, 0.29) is 24.8 Å². The Kier molecular flexibility index (Phi) is 8.14. The average Bonchev–Trinajstić information content (AvgIpc) is 2.65. The molecular weight excluding hydrogens is 383 g/mol. The fourth-order valence-corrected chi connectivity index (χ4v) is 3.22. The molecule has 0 heterocycles. The van der Waals surface area contributed by atoms with E-state index < -0.39 is 6.04 Å². The van der Waals surface area contributed by atoms with Crippen LogP contribution in [0.1, 0.15) is 31.4 Å². The monoisotopic (exact) mass is 406 g/mol. The molecule has 0 bridgehead atoms. The van der Waals surface area contributed by atoms with Gasteiger partial charge < -0.3 is 10.2 Å². The van der Waals surface area contributed by atoms with Crippen LogP contribution in [-0.4, -0.2) is 29.3 Å². The number of carbonyl (C=O) groups excluding carboxylic acids is 2. The average molecular weight is 407 g/mol. The van der Waals surface area contributed by atoms with Gasteiger partial charge in [-0.05, 0) is 42.7 Å². The molecule has 6 heteroatoms. The Morgan fingerprint density at radius 1 is 1.04 bits per heavy atom. The van der Waals surface area contributed by atoms with Crippen molar-refractivity contribution in [1.82, 2.24) is 10.2 Å². The topological polar surface area (TPSA) is 49.4 Å². The highest BCUT2D eigenvalue weighted by molar-refractivity contribution is 6.31. The van der Waals surface area contributed by atoms with E-state index >= 15 is 0 Å². The summed E-state index contributed by atoms with van der Waals surface area (Å²) in [5.74, 6) is -0.285. The Morgan fingerprint density at radius 2 is 1.70 bits per heavy atom. The maximum Gasteiger partial charge on any atom is 0.242 e.